The number of carbonyl (C=O) groups is 1. The van der Waals surface area contributed by atoms with Gasteiger partial charge in [-0.1, -0.05) is 6.92 Å². The predicted molar refractivity (Wildman–Crippen MR) is 74.8 cm³/mol. The zero-order valence-electron chi connectivity index (χ0n) is 11.5. The molecular formula is C14H17N3O3. The smallest absolute Gasteiger partial charge is 0.270 e. The van der Waals surface area contributed by atoms with Gasteiger partial charge in [-0.05, 0) is 30.5 Å². The lowest BCUT2D eigenvalue weighted by molar-refractivity contribution is 0.0940. The topological polar surface area (TPSA) is 83.7 Å². The Morgan fingerprint density at radius 2 is 2.30 bits per heavy atom. The molecule has 2 heterocycles. The van der Waals surface area contributed by atoms with E-state index >= 15 is 0 Å². The van der Waals surface area contributed by atoms with Crippen molar-refractivity contribution in [2.24, 2.45) is 5.92 Å². The van der Waals surface area contributed by atoms with Gasteiger partial charge in [0.15, 0.2) is 0 Å². The highest BCUT2D eigenvalue weighted by atomic mass is 16.3. The second-order valence-electron chi connectivity index (χ2n) is 4.91. The number of aliphatic hydroxyl groups excluding tert-OH is 1. The Bertz CT molecular complexity index is 694. The Morgan fingerprint density at radius 1 is 1.55 bits per heavy atom. The first-order valence-electron chi connectivity index (χ1n) is 6.40. The molecule has 6 heteroatoms. The van der Waals surface area contributed by atoms with E-state index in [2.05, 4.69) is 10.3 Å². The number of pyridine rings is 1. The highest BCUT2D eigenvalue weighted by Crippen LogP contribution is 2.02. The summed E-state index contributed by atoms with van der Waals surface area (Å²) in [6, 6.07) is 3.56. The zero-order valence-corrected chi connectivity index (χ0v) is 11.5. The van der Waals surface area contributed by atoms with Crippen molar-refractivity contribution in [1.82, 2.24) is 14.7 Å². The molecule has 106 valence electrons. The van der Waals surface area contributed by atoms with Crippen LogP contribution in [0, 0.1) is 12.8 Å². The van der Waals surface area contributed by atoms with Crippen LogP contribution in [0.5, 0.6) is 0 Å². The average Bonchev–Trinajstić information content (AvgIpc) is 2.44. The minimum absolute atomic E-state index is 0.00325. The highest BCUT2D eigenvalue weighted by molar-refractivity contribution is 5.93. The Hall–Kier alpha value is -2.21. The van der Waals surface area contributed by atoms with Gasteiger partial charge in [0.1, 0.15) is 11.2 Å². The molecular weight excluding hydrogens is 258 g/mol. The van der Waals surface area contributed by atoms with Crippen molar-refractivity contribution >= 4 is 11.6 Å². The van der Waals surface area contributed by atoms with E-state index in [9.17, 15) is 9.59 Å². The molecule has 0 radical (unpaired) electrons. The predicted octanol–water partition coefficient (Wildman–Crippen LogP) is 0.361. The largest absolute Gasteiger partial charge is 0.396 e. The van der Waals surface area contributed by atoms with Crippen LogP contribution in [0.2, 0.25) is 0 Å². The van der Waals surface area contributed by atoms with Crippen molar-refractivity contribution in [2.75, 3.05) is 13.2 Å². The molecule has 6 nitrogen and oxygen atoms in total. The lowest BCUT2D eigenvalue weighted by atomic mass is 10.2. The van der Waals surface area contributed by atoms with Crippen molar-refractivity contribution < 1.29 is 9.90 Å². The standard InChI is InChI=1S/C14H17N3O3/c1-9-3-4-17-12(5-9)15-7-11(14(17)20)13(19)16-6-10(2)8-18/h3-5,7,10,18H,6,8H2,1-2H3,(H,16,19). The molecule has 0 spiro atoms. The van der Waals surface area contributed by atoms with Gasteiger partial charge in [-0.25, -0.2) is 4.98 Å². The Morgan fingerprint density at radius 3 is 3.00 bits per heavy atom. The van der Waals surface area contributed by atoms with Gasteiger partial charge in [0.05, 0.1) is 0 Å². The summed E-state index contributed by atoms with van der Waals surface area (Å²) in [5, 5.41) is 11.5. The van der Waals surface area contributed by atoms with Crippen molar-refractivity contribution in [2.45, 2.75) is 13.8 Å². The van der Waals surface area contributed by atoms with E-state index in [4.69, 9.17) is 5.11 Å². The van der Waals surface area contributed by atoms with E-state index in [1.165, 1.54) is 10.6 Å². The van der Waals surface area contributed by atoms with Crippen LogP contribution in [0.4, 0.5) is 0 Å². The lowest BCUT2D eigenvalue weighted by Crippen LogP contribution is -2.34. The molecule has 0 aromatic carbocycles. The Kier molecular flexibility index (Phi) is 4.14. The number of amides is 1. The number of aromatic nitrogens is 2. The first kappa shape index (κ1) is 14.2. The third kappa shape index (κ3) is 2.85. The third-order valence-corrected chi connectivity index (χ3v) is 3.03. The summed E-state index contributed by atoms with van der Waals surface area (Å²) in [5.41, 5.74) is 1.10. The first-order chi connectivity index (χ1) is 9.52. The van der Waals surface area contributed by atoms with Crippen LogP contribution in [0.3, 0.4) is 0 Å². The molecule has 0 fully saturated rings. The fraction of sp³-hybridized carbons (Fsp3) is 0.357. The number of aliphatic hydroxyl groups is 1. The first-order valence-corrected chi connectivity index (χ1v) is 6.40. The van der Waals surface area contributed by atoms with Crippen LogP contribution in [0.25, 0.3) is 5.65 Å². The molecule has 2 aromatic rings. The van der Waals surface area contributed by atoms with Crippen molar-refractivity contribution in [1.29, 1.82) is 0 Å². The maximum atomic E-state index is 12.2. The van der Waals surface area contributed by atoms with Gasteiger partial charge >= 0.3 is 0 Å². The summed E-state index contributed by atoms with van der Waals surface area (Å²) in [7, 11) is 0. The van der Waals surface area contributed by atoms with Gasteiger partial charge in [-0.2, -0.15) is 0 Å². The Labute approximate surface area is 116 Å². The van der Waals surface area contributed by atoms with Gasteiger partial charge in [-0.15, -0.1) is 0 Å². The number of nitrogens with one attached hydrogen (secondary N) is 1. The number of aryl methyl sites for hydroxylation is 1. The molecule has 0 aliphatic rings. The van der Waals surface area contributed by atoms with E-state index in [1.54, 1.807) is 25.3 Å². The second kappa shape index (κ2) is 5.83. The van der Waals surface area contributed by atoms with Crippen LogP contribution in [0.1, 0.15) is 22.8 Å². The monoisotopic (exact) mass is 275 g/mol. The van der Waals surface area contributed by atoms with Crippen molar-refractivity contribution in [3.05, 3.63) is 46.0 Å². The van der Waals surface area contributed by atoms with E-state index in [0.29, 0.717) is 12.2 Å². The van der Waals surface area contributed by atoms with Crippen molar-refractivity contribution in [3.63, 3.8) is 0 Å². The molecule has 0 bridgehead atoms. The van der Waals surface area contributed by atoms with Crippen LogP contribution in [0.15, 0.2) is 29.3 Å². The molecule has 0 saturated carbocycles. The maximum Gasteiger partial charge on any atom is 0.270 e. The van der Waals surface area contributed by atoms with Crippen LogP contribution < -0.4 is 10.9 Å². The molecule has 0 aliphatic carbocycles. The number of carbonyl (C=O) groups excluding carboxylic acids is 1. The molecule has 2 N–H and O–H groups in total. The molecule has 2 rings (SSSR count). The molecule has 1 atom stereocenters. The number of hydrogen-bond acceptors (Lipinski definition) is 4. The van der Waals surface area contributed by atoms with E-state index in [-0.39, 0.29) is 18.1 Å². The SMILES string of the molecule is Cc1ccn2c(=O)c(C(=O)NCC(C)CO)cnc2c1. The van der Waals surface area contributed by atoms with Crippen molar-refractivity contribution in [3.8, 4) is 0 Å². The highest BCUT2D eigenvalue weighted by Gasteiger charge is 2.13. The third-order valence-electron chi connectivity index (χ3n) is 3.03. The van der Waals surface area contributed by atoms with Crippen LogP contribution in [-0.2, 0) is 0 Å². The number of fused-ring (bicyclic) bond motifs is 1. The van der Waals surface area contributed by atoms with Crippen LogP contribution >= 0.6 is 0 Å². The van der Waals surface area contributed by atoms with Gasteiger partial charge in [-0.3, -0.25) is 14.0 Å². The summed E-state index contributed by atoms with van der Waals surface area (Å²) in [5.74, 6) is -0.532. The number of nitrogens with zero attached hydrogens (tertiary/aromatic N) is 2. The summed E-state index contributed by atoms with van der Waals surface area (Å²) in [6.07, 6.45) is 2.89. The average molecular weight is 275 g/mol. The summed E-state index contributed by atoms with van der Waals surface area (Å²) in [6.45, 7) is 4.00. The minimum Gasteiger partial charge on any atom is -0.396 e. The quantitative estimate of drug-likeness (QED) is 0.844. The second-order valence-corrected chi connectivity index (χ2v) is 4.91. The van der Waals surface area contributed by atoms with E-state index in [0.717, 1.165) is 5.56 Å². The molecule has 1 unspecified atom stereocenters. The molecule has 0 saturated heterocycles. The summed E-state index contributed by atoms with van der Waals surface area (Å²) >= 11 is 0. The molecule has 2 aromatic heterocycles. The van der Waals surface area contributed by atoms with Gasteiger partial charge < -0.3 is 10.4 Å². The van der Waals surface area contributed by atoms with Gasteiger partial charge in [0.2, 0.25) is 0 Å². The fourth-order valence-corrected chi connectivity index (χ4v) is 1.76. The zero-order chi connectivity index (χ0) is 14.7. The molecule has 1 amide bonds. The van der Waals surface area contributed by atoms with Gasteiger partial charge in [0, 0.05) is 25.5 Å². The minimum atomic E-state index is -0.474. The molecule has 20 heavy (non-hydrogen) atoms. The van der Waals surface area contributed by atoms with E-state index < -0.39 is 11.5 Å². The number of hydrogen-bond donors (Lipinski definition) is 2. The van der Waals surface area contributed by atoms with Crippen LogP contribution in [-0.4, -0.2) is 33.6 Å². The maximum absolute atomic E-state index is 12.2. The lowest BCUT2D eigenvalue weighted by Gasteiger charge is -2.09. The number of rotatable bonds is 4. The summed E-state index contributed by atoms with van der Waals surface area (Å²) in [4.78, 5) is 28.3. The summed E-state index contributed by atoms with van der Waals surface area (Å²) < 4.78 is 1.34. The Balaban J connectivity index is 2.31. The van der Waals surface area contributed by atoms with E-state index in [1.807, 2.05) is 6.92 Å². The van der Waals surface area contributed by atoms with Gasteiger partial charge in [0.25, 0.3) is 11.5 Å². The molecule has 0 aliphatic heterocycles. The normalized spacial score (nSPS) is 12.3. The fourth-order valence-electron chi connectivity index (χ4n) is 1.76.